The third-order valence-electron chi connectivity index (χ3n) is 1.98. The minimum Gasteiger partial charge on any atom is -0.429 e. The average molecular weight is 179 g/mol. The molecule has 62 valence electrons. The van der Waals surface area contributed by atoms with Gasteiger partial charge in [-0.3, -0.25) is 0 Å². The molecule has 1 aromatic carbocycles. The van der Waals surface area contributed by atoms with Crippen LogP contribution in [0.1, 0.15) is 11.1 Å². The van der Waals surface area contributed by atoms with E-state index in [1.165, 1.54) is 0 Å². The lowest BCUT2D eigenvalue weighted by atomic mass is 10.1. The number of aryl methyl sites for hydroxylation is 2. The molecule has 0 saturated heterocycles. The van der Waals surface area contributed by atoms with Crippen LogP contribution in [-0.4, -0.2) is 4.98 Å². The number of aromatic nitrogens is 1. The van der Waals surface area contributed by atoms with Crippen LogP contribution in [0.25, 0.3) is 11.1 Å². The van der Waals surface area contributed by atoms with Crippen molar-refractivity contribution in [2.45, 2.75) is 13.8 Å². The Morgan fingerprint density at radius 3 is 2.58 bits per heavy atom. The lowest BCUT2D eigenvalue weighted by Gasteiger charge is -1.95. The van der Waals surface area contributed by atoms with E-state index in [0.717, 1.165) is 22.2 Å². The molecule has 3 heteroatoms. The maximum atomic E-state index is 5.34. The first kappa shape index (κ1) is 7.55. The van der Waals surface area contributed by atoms with Gasteiger partial charge in [-0.1, -0.05) is 12.1 Å². The van der Waals surface area contributed by atoms with Crippen LogP contribution < -0.4 is 0 Å². The zero-order valence-corrected chi connectivity index (χ0v) is 7.79. The van der Waals surface area contributed by atoms with Crippen molar-refractivity contribution in [3.8, 4) is 0 Å². The van der Waals surface area contributed by atoms with E-state index in [1.807, 2.05) is 19.9 Å². The van der Waals surface area contributed by atoms with Gasteiger partial charge >= 0.3 is 0 Å². The zero-order chi connectivity index (χ0) is 8.72. The highest BCUT2D eigenvalue weighted by Crippen LogP contribution is 2.20. The largest absolute Gasteiger partial charge is 0.429 e. The van der Waals surface area contributed by atoms with Crippen LogP contribution in [-0.2, 0) is 0 Å². The summed E-state index contributed by atoms with van der Waals surface area (Å²) < 4.78 is 5.34. The average Bonchev–Trinajstić information content (AvgIpc) is 2.41. The standard InChI is InChI=1S/C9H9NOS/c1-5-3-4-6(2)8-7(5)10-9(12)11-8/h3-4H,1-2H3,(H,10,12). The van der Waals surface area contributed by atoms with Gasteiger partial charge in [-0.15, -0.1) is 0 Å². The van der Waals surface area contributed by atoms with E-state index in [4.69, 9.17) is 16.6 Å². The van der Waals surface area contributed by atoms with E-state index in [9.17, 15) is 0 Å². The smallest absolute Gasteiger partial charge is 0.266 e. The number of benzene rings is 1. The molecule has 2 nitrogen and oxygen atoms in total. The van der Waals surface area contributed by atoms with Crippen LogP contribution in [0.15, 0.2) is 16.5 Å². The molecule has 0 saturated carbocycles. The third kappa shape index (κ3) is 0.975. The Labute approximate surface area is 75.2 Å². The molecule has 0 radical (unpaired) electrons. The normalized spacial score (nSPS) is 10.8. The molecule has 0 spiro atoms. The fraction of sp³-hybridized carbons (Fsp3) is 0.222. The molecular weight excluding hydrogens is 170 g/mol. The van der Waals surface area contributed by atoms with Crippen LogP contribution in [0.5, 0.6) is 0 Å². The van der Waals surface area contributed by atoms with E-state index >= 15 is 0 Å². The topological polar surface area (TPSA) is 28.9 Å². The number of rotatable bonds is 0. The Bertz CT molecular complexity index is 439. The second kappa shape index (κ2) is 2.45. The fourth-order valence-corrected chi connectivity index (χ4v) is 1.48. The SMILES string of the molecule is Cc1ccc(C)c2oc(=S)[nH]c12. The minimum atomic E-state index is 0.447. The number of hydrogen-bond donors (Lipinski definition) is 1. The molecule has 2 rings (SSSR count). The summed E-state index contributed by atoms with van der Waals surface area (Å²) in [5.74, 6) is 0. The number of H-pyrrole nitrogens is 1. The molecule has 1 heterocycles. The van der Waals surface area contributed by atoms with Crippen LogP contribution >= 0.6 is 12.2 Å². The summed E-state index contributed by atoms with van der Waals surface area (Å²) in [6, 6.07) is 4.09. The van der Waals surface area contributed by atoms with E-state index in [1.54, 1.807) is 0 Å². The van der Waals surface area contributed by atoms with Crippen molar-refractivity contribution >= 4 is 23.3 Å². The Morgan fingerprint density at radius 2 is 1.92 bits per heavy atom. The van der Waals surface area contributed by atoms with Gasteiger partial charge in [-0.05, 0) is 37.2 Å². The maximum absolute atomic E-state index is 5.34. The van der Waals surface area contributed by atoms with Gasteiger partial charge in [0.05, 0.1) is 5.52 Å². The molecule has 0 bridgehead atoms. The van der Waals surface area contributed by atoms with Crippen LogP contribution in [0.3, 0.4) is 0 Å². The van der Waals surface area contributed by atoms with E-state index in [0.29, 0.717) is 4.84 Å². The van der Waals surface area contributed by atoms with Gasteiger partial charge in [-0.2, -0.15) is 0 Å². The minimum absolute atomic E-state index is 0.447. The third-order valence-corrected chi connectivity index (χ3v) is 2.17. The molecule has 12 heavy (non-hydrogen) atoms. The molecular formula is C9H9NOS. The number of fused-ring (bicyclic) bond motifs is 1. The summed E-state index contributed by atoms with van der Waals surface area (Å²) in [4.78, 5) is 3.46. The van der Waals surface area contributed by atoms with Gasteiger partial charge in [0.25, 0.3) is 4.84 Å². The van der Waals surface area contributed by atoms with Crippen molar-refractivity contribution in [3.63, 3.8) is 0 Å². The molecule has 0 unspecified atom stereocenters. The highest BCUT2D eigenvalue weighted by molar-refractivity contribution is 7.71. The maximum Gasteiger partial charge on any atom is 0.266 e. The fourth-order valence-electron chi connectivity index (χ4n) is 1.29. The van der Waals surface area contributed by atoms with Crippen molar-refractivity contribution in [2.75, 3.05) is 0 Å². The van der Waals surface area contributed by atoms with E-state index in [2.05, 4.69) is 11.1 Å². The first-order valence-corrected chi connectivity index (χ1v) is 4.18. The molecule has 0 aliphatic heterocycles. The number of oxazole rings is 1. The zero-order valence-electron chi connectivity index (χ0n) is 6.97. The second-order valence-electron chi connectivity index (χ2n) is 2.92. The van der Waals surface area contributed by atoms with Crippen LogP contribution in [0, 0.1) is 18.7 Å². The van der Waals surface area contributed by atoms with Gasteiger partial charge in [0.15, 0.2) is 5.58 Å². The van der Waals surface area contributed by atoms with Gasteiger partial charge in [0.2, 0.25) is 0 Å². The Kier molecular flexibility index (Phi) is 1.54. The van der Waals surface area contributed by atoms with E-state index < -0.39 is 0 Å². The Morgan fingerprint density at radius 1 is 1.25 bits per heavy atom. The Balaban J connectivity index is 3.03. The van der Waals surface area contributed by atoms with Gasteiger partial charge in [-0.25, -0.2) is 0 Å². The molecule has 1 aromatic heterocycles. The van der Waals surface area contributed by atoms with Crippen molar-refractivity contribution in [3.05, 3.63) is 28.1 Å². The molecule has 0 fully saturated rings. The predicted molar refractivity (Wildman–Crippen MR) is 50.9 cm³/mol. The van der Waals surface area contributed by atoms with Crippen molar-refractivity contribution in [1.29, 1.82) is 0 Å². The lowest BCUT2D eigenvalue weighted by molar-refractivity contribution is 0.581. The number of nitrogens with one attached hydrogen (secondary N) is 1. The van der Waals surface area contributed by atoms with Crippen LogP contribution in [0.4, 0.5) is 0 Å². The first-order chi connectivity index (χ1) is 5.68. The second-order valence-corrected chi connectivity index (χ2v) is 3.29. The van der Waals surface area contributed by atoms with E-state index in [-0.39, 0.29) is 0 Å². The quantitative estimate of drug-likeness (QED) is 0.629. The first-order valence-electron chi connectivity index (χ1n) is 3.77. The molecule has 0 atom stereocenters. The molecule has 0 aliphatic rings. The summed E-state index contributed by atoms with van der Waals surface area (Å²) in [5, 5.41) is 0. The van der Waals surface area contributed by atoms with Crippen molar-refractivity contribution < 1.29 is 4.42 Å². The van der Waals surface area contributed by atoms with Gasteiger partial charge in [0.1, 0.15) is 0 Å². The molecule has 0 aliphatic carbocycles. The Hall–Kier alpha value is -1.09. The summed E-state index contributed by atoms with van der Waals surface area (Å²) in [5.41, 5.74) is 4.17. The van der Waals surface area contributed by atoms with Crippen molar-refractivity contribution in [1.82, 2.24) is 4.98 Å². The monoisotopic (exact) mass is 179 g/mol. The summed E-state index contributed by atoms with van der Waals surface area (Å²) in [6.07, 6.45) is 0. The predicted octanol–water partition coefficient (Wildman–Crippen LogP) is 3.11. The van der Waals surface area contributed by atoms with Gasteiger partial charge < -0.3 is 9.40 Å². The molecule has 2 aromatic rings. The number of hydrogen-bond acceptors (Lipinski definition) is 2. The number of aromatic amines is 1. The highest BCUT2D eigenvalue weighted by Gasteiger charge is 2.03. The summed E-state index contributed by atoms with van der Waals surface area (Å²) >= 11 is 4.91. The lowest BCUT2D eigenvalue weighted by Crippen LogP contribution is -1.78. The molecule has 1 N–H and O–H groups in total. The highest BCUT2D eigenvalue weighted by atomic mass is 32.1. The summed E-state index contributed by atoms with van der Waals surface area (Å²) in [7, 11) is 0. The van der Waals surface area contributed by atoms with Crippen LogP contribution in [0.2, 0.25) is 0 Å². The van der Waals surface area contributed by atoms with Crippen molar-refractivity contribution in [2.24, 2.45) is 0 Å². The summed E-state index contributed by atoms with van der Waals surface area (Å²) in [6.45, 7) is 4.04. The van der Waals surface area contributed by atoms with Gasteiger partial charge in [0, 0.05) is 0 Å². The molecule has 0 amide bonds.